The molecule has 0 bridgehead atoms. The first-order valence-corrected chi connectivity index (χ1v) is 25.6. The van der Waals surface area contributed by atoms with Crippen molar-refractivity contribution < 1.29 is 27.9 Å². The lowest BCUT2D eigenvalue weighted by Gasteiger charge is -2.44. The van der Waals surface area contributed by atoms with Crippen molar-refractivity contribution in [2.75, 3.05) is 33.0 Å². The SMILES string of the molecule is CC[Si](CC)(CC)OCC/C=C/[C@@H](C[C@H](C)C/C=C(\C)[C@H](CC[C@@H](C)[C@@H](O[Si](C)(C)C(C)(C)C)[C@H](C)[C@@H](CC=O)OCSC)OC)OC. The molecule has 0 unspecified atom stereocenters. The van der Waals surface area contributed by atoms with E-state index in [1.165, 1.54) is 23.7 Å². The van der Waals surface area contributed by atoms with E-state index in [0.29, 0.717) is 18.3 Å². The lowest BCUT2D eigenvalue weighted by atomic mass is 9.85. The number of allylic oxidation sites excluding steroid dienone is 1. The van der Waals surface area contributed by atoms with Gasteiger partial charge in [-0.3, -0.25) is 0 Å². The molecule has 0 rings (SSSR count). The molecule has 284 valence electrons. The van der Waals surface area contributed by atoms with E-state index in [0.717, 1.165) is 45.0 Å². The highest BCUT2D eigenvalue weighted by atomic mass is 32.2. The Morgan fingerprint density at radius 3 is 2.06 bits per heavy atom. The number of ether oxygens (including phenoxy) is 3. The predicted octanol–water partition coefficient (Wildman–Crippen LogP) is 11.1. The molecule has 0 saturated carbocycles. The van der Waals surface area contributed by atoms with Crippen molar-refractivity contribution in [1.29, 1.82) is 0 Å². The molecule has 0 radical (unpaired) electrons. The quantitative estimate of drug-likeness (QED) is 0.0261. The van der Waals surface area contributed by atoms with Crippen molar-refractivity contribution in [3.63, 3.8) is 0 Å². The zero-order chi connectivity index (χ0) is 37.0. The Kier molecular flexibility index (Phi) is 24.7. The number of hydrogen-bond donors (Lipinski definition) is 0. The second kappa shape index (κ2) is 24.8. The molecule has 7 atom stereocenters. The van der Waals surface area contributed by atoms with Crippen LogP contribution in [-0.2, 0) is 27.9 Å². The maximum atomic E-state index is 11.6. The second-order valence-electron chi connectivity index (χ2n) is 15.6. The summed E-state index contributed by atoms with van der Waals surface area (Å²) in [5, 5.41) is 0.0918. The third-order valence-corrected chi connectivity index (χ3v) is 20.6. The molecule has 0 N–H and O–H groups in total. The van der Waals surface area contributed by atoms with E-state index in [1.54, 1.807) is 11.8 Å². The van der Waals surface area contributed by atoms with E-state index in [-0.39, 0.29) is 41.3 Å². The number of carbonyl (C=O) groups is 1. The van der Waals surface area contributed by atoms with Gasteiger partial charge in [0.1, 0.15) is 6.29 Å². The van der Waals surface area contributed by atoms with Crippen LogP contribution in [0.4, 0.5) is 0 Å². The number of aldehydes is 1. The fourth-order valence-corrected chi connectivity index (χ4v) is 10.6. The summed E-state index contributed by atoms with van der Waals surface area (Å²) in [5.74, 6) is 1.45. The van der Waals surface area contributed by atoms with E-state index in [9.17, 15) is 4.79 Å². The molecule has 0 heterocycles. The zero-order valence-corrected chi connectivity index (χ0v) is 36.8. The van der Waals surface area contributed by atoms with E-state index < -0.39 is 16.6 Å². The van der Waals surface area contributed by atoms with Gasteiger partial charge >= 0.3 is 0 Å². The topological polar surface area (TPSA) is 63.2 Å². The van der Waals surface area contributed by atoms with Gasteiger partial charge < -0.3 is 27.9 Å². The summed E-state index contributed by atoms with van der Waals surface area (Å²) >= 11 is 1.64. The van der Waals surface area contributed by atoms with Crippen LogP contribution in [0.25, 0.3) is 0 Å². The van der Waals surface area contributed by atoms with Crippen LogP contribution < -0.4 is 0 Å². The van der Waals surface area contributed by atoms with Crippen LogP contribution in [0.1, 0.15) is 108 Å². The van der Waals surface area contributed by atoms with Crippen LogP contribution in [0.5, 0.6) is 0 Å². The molecule has 0 spiro atoms. The third-order valence-electron chi connectivity index (χ3n) is 11.1. The molecule has 6 nitrogen and oxygen atoms in total. The van der Waals surface area contributed by atoms with Gasteiger partial charge in [0.25, 0.3) is 0 Å². The van der Waals surface area contributed by atoms with Gasteiger partial charge in [0.2, 0.25) is 0 Å². The molecule has 0 fully saturated rings. The van der Waals surface area contributed by atoms with Crippen molar-refractivity contribution in [2.24, 2.45) is 17.8 Å². The average molecular weight is 731 g/mol. The standard InChI is InChI=1S/C39H78O6SSi2/c1-16-48(17-2,18-3)44-28-20-19-21-35(41-11)29-31(4)22-23-32(5)36(42-12)25-24-33(6)38(45-47(14,15)39(8,9)10)34(7)37(26-27-40)43-30-46-13/h19,21,23,27,31,33-38H,16-18,20,22,24-26,28-30H2,1-15H3/b21-19+,32-23+/t31-,33-,34-,35+,36+,37-,38-/m1/s1. The van der Waals surface area contributed by atoms with Gasteiger partial charge in [-0.25, -0.2) is 0 Å². The first kappa shape index (κ1) is 47.7. The summed E-state index contributed by atoms with van der Waals surface area (Å²) in [6.07, 6.45) is 15.1. The molecule has 0 aromatic carbocycles. The number of hydrogen-bond acceptors (Lipinski definition) is 7. The van der Waals surface area contributed by atoms with E-state index in [1.807, 2.05) is 20.5 Å². The molecular formula is C39H78O6SSi2. The van der Waals surface area contributed by atoms with Gasteiger partial charge in [-0.05, 0) is 99.0 Å². The van der Waals surface area contributed by atoms with Gasteiger partial charge in [0.15, 0.2) is 16.6 Å². The fraction of sp³-hybridized carbons (Fsp3) is 0.872. The minimum absolute atomic E-state index is 0.000313. The van der Waals surface area contributed by atoms with Crippen molar-refractivity contribution in [3.8, 4) is 0 Å². The number of thioether (sulfide) groups is 1. The minimum atomic E-state index is -2.06. The number of rotatable bonds is 28. The van der Waals surface area contributed by atoms with Crippen LogP contribution in [0.15, 0.2) is 23.8 Å². The summed E-state index contributed by atoms with van der Waals surface area (Å²) in [6.45, 7) is 28.2. The molecule has 0 aromatic heterocycles. The van der Waals surface area contributed by atoms with Crippen LogP contribution in [0.2, 0.25) is 36.3 Å². The minimum Gasteiger partial charge on any atom is -0.417 e. The maximum Gasteiger partial charge on any atom is 0.192 e. The van der Waals surface area contributed by atoms with Gasteiger partial charge in [0, 0.05) is 33.2 Å². The van der Waals surface area contributed by atoms with Crippen molar-refractivity contribution in [1.82, 2.24) is 0 Å². The highest BCUT2D eigenvalue weighted by Gasteiger charge is 2.43. The Morgan fingerprint density at radius 1 is 0.938 bits per heavy atom. The zero-order valence-electron chi connectivity index (χ0n) is 34.0. The van der Waals surface area contributed by atoms with Crippen LogP contribution >= 0.6 is 11.8 Å². The predicted molar refractivity (Wildman–Crippen MR) is 214 cm³/mol. The summed E-state index contributed by atoms with van der Waals surface area (Å²) < 4.78 is 31.5. The first-order chi connectivity index (χ1) is 22.5. The summed E-state index contributed by atoms with van der Waals surface area (Å²) in [7, 11) is 0.0517. The molecule has 0 saturated heterocycles. The van der Waals surface area contributed by atoms with Gasteiger partial charge in [-0.1, -0.05) is 80.5 Å². The van der Waals surface area contributed by atoms with Crippen LogP contribution in [0, 0.1) is 17.8 Å². The average Bonchev–Trinajstić information content (AvgIpc) is 3.05. The molecule has 48 heavy (non-hydrogen) atoms. The van der Waals surface area contributed by atoms with Crippen molar-refractivity contribution >= 4 is 34.7 Å². The maximum absolute atomic E-state index is 11.6. The molecule has 0 aliphatic heterocycles. The third kappa shape index (κ3) is 17.3. The Labute approximate surface area is 304 Å². The van der Waals surface area contributed by atoms with Crippen molar-refractivity contribution in [2.45, 2.75) is 168 Å². The fourth-order valence-electron chi connectivity index (χ4n) is 6.18. The highest BCUT2D eigenvalue weighted by Crippen LogP contribution is 2.40. The Hall–Kier alpha value is -0.266. The normalized spacial score (nSPS) is 18.0. The van der Waals surface area contributed by atoms with Crippen LogP contribution in [-0.4, -0.2) is 80.4 Å². The van der Waals surface area contributed by atoms with E-state index in [2.05, 4.69) is 101 Å². The number of carbonyl (C=O) groups excluding carboxylic acids is 1. The molecule has 9 heteroatoms. The number of methoxy groups -OCH3 is 2. The Balaban J connectivity index is 5.42. The van der Waals surface area contributed by atoms with E-state index in [4.69, 9.17) is 23.1 Å². The van der Waals surface area contributed by atoms with E-state index >= 15 is 0 Å². The summed E-state index contributed by atoms with van der Waals surface area (Å²) in [5.41, 5.74) is 1.28. The monoisotopic (exact) mass is 731 g/mol. The molecule has 0 aliphatic rings. The summed E-state index contributed by atoms with van der Waals surface area (Å²) in [6, 6.07) is 3.58. The Bertz CT molecular complexity index is 893. The lowest BCUT2D eigenvalue weighted by Crippen LogP contribution is -2.49. The van der Waals surface area contributed by atoms with Crippen molar-refractivity contribution in [3.05, 3.63) is 23.8 Å². The molecule has 0 amide bonds. The van der Waals surface area contributed by atoms with Gasteiger partial charge in [0.05, 0.1) is 30.4 Å². The summed E-state index contributed by atoms with van der Waals surface area (Å²) in [4.78, 5) is 11.6. The van der Waals surface area contributed by atoms with Crippen LogP contribution in [0.3, 0.4) is 0 Å². The van der Waals surface area contributed by atoms with Gasteiger partial charge in [-0.2, -0.15) is 0 Å². The van der Waals surface area contributed by atoms with Gasteiger partial charge in [-0.15, -0.1) is 11.8 Å². The molecular weight excluding hydrogens is 653 g/mol. The second-order valence-corrected chi connectivity index (χ2v) is 25.9. The largest absolute Gasteiger partial charge is 0.417 e. The smallest absolute Gasteiger partial charge is 0.192 e. The first-order valence-electron chi connectivity index (χ1n) is 18.8. The Morgan fingerprint density at radius 2 is 1.56 bits per heavy atom. The molecule has 0 aliphatic carbocycles. The highest BCUT2D eigenvalue weighted by molar-refractivity contribution is 7.98. The lowest BCUT2D eigenvalue weighted by molar-refractivity contribution is -0.112. The molecule has 0 aromatic rings.